The second-order valence-corrected chi connectivity index (χ2v) is 5.09. The van der Waals surface area contributed by atoms with Gasteiger partial charge in [0, 0.05) is 10.6 Å². The zero-order valence-electron chi connectivity index (χ0n) is 11.2. The summed E-state index contributed by atoms with van der Waals surface area (Å²) in [6.45, 7) is 1.76. The van der Waals surface area contributed by atoms with Crippen LogP contribution in [0.25, 0.3) is 0 Å². The van der Waals surface area contributed by atoms with Crippen LogP contribution in [0.5, 0.6) is 5.75 Å². The maximum absolute atomic E-state index is 10.1. The fourth-order valence-electron chi connectivity index (χ4n) is 2.10. The Hall–Kier alpha value is -2.00. The molecule has 0 atom stereocenters. The van der Waals surface area contributed by atoms with Crippen LogP contribution in [0.4, 0.5) is 0 Å². The molecule has 4 heteroatoms. The lowest BCUT2D eigenvalue weighted by molar-refractivity contribution is 0.317. The van der Waals surface area contributed by atoms with Crippen molar-refractivity contribution in [3.05, 3.63) is 64.2 Å². The number of oxime groups is 1. The highest BCUT2D eigenvalue weighted by atomic mass is 35.5. The van der Waals surface area contributed by atoms with Crippen LogP contribution in [0.1, 0.15) is 23.1 Å². The summed E-state index contributed by atoms with van der Waals surface area (Å²) >= 11 is 5.99. The summed E-state index contributed by atoms with van der Waals surface area (Å²) in [6.07, 6.45) is 1.25. The lowest BCUT2D eigenvalue weighted by Crippen LogP contribution is -2.04. The van der Waals surface area contributed by atoms with Crippen molar-refractivity contribution < 1.29 is 10.3 Å². The standard InChI is InChI=1S/C16H16ClNO2/c1-11-9-13(17)10-14(16(11)19)15(18-20)8-7-12-5-3-2-4-6-12/h2-6,9-10,19-20H,7-8H2,1H3/b18-15+. The normalized spacial score (nSPS) is 11.6. The van der Waals surface area contributed by atoms with Crippen molar-refractivity contribution in [1.82, 2.24) is 0 Å². The minimum Gasteiger partial charge on any atom is -0.507 e. The molecule has 104 valence electrons. The molecule has 0 spiro atoms. The Labute approximate surface area is 123 Å². The van der Waals surface area contributed by atoms with Crippen LogP contribution in [0, 0.1) is 6.92 Å². The molecule has 0 heterocycles. The summed E-state index contributed by atoms with van der Waals surface area (Å²) in [5, 5.41) is 23.1. The van der Waals surface area contributed by atoms with Crippen molar-refractivity contribution in [3.8, 4) is 5.75 Å². The molecule has 0 radical (unpaired) electrons. The summed E-state index contributed by atoms with van der Waals surface area (Å²) in [7, 11) is 0. The van der Waals surface area contributed by atoms with Gasteiger partial charge < -0.3 is 10.3 Å². The summed E-state index contributed by atoms with van der Waals surface area (Å²) in [5.41, 5.74) is 2.71. The van der Waals surface area contributed by atoms with Crippen LogP contribution >= 0.6 is 11.6 Å². The number of aryl methyl sites for hydroxylation is 2. The molecule has 0 saturated carbocycles. The number of halogens is 1. The second kappa shape index (κ2) is 6.44. The van der Waals surface area contributed by atoms with E-state index in [1.807, 2.05) is 30.3 Å². The molecule has 0 aliphatic rings. The molecule has 20 heavy (non-hydrogen) atoms. The van der Waals surface area contributed by atoms with E-state index in [1.165, 1.54) is 0 Å². The van der Waals surface area contributed by atoms with Crippen molar-refractivity contribution in [2.24, 2.45) is 5.16 Å². The van der Waals surface area contributed by atoms with E-state index in [4.69, 9.17) is 11.6 Å². The van der Waals surface area contributed by atoms with Crippen LogP contribution in [-0.4, -0.2) is 16.0 Å². The molecule has 0 unspecified atom stereocenters. The van der Waals surface area contributed by atoms with Gasteiger partial charge in [-0.1, -0.05) is 47.1 Å². The van der Waals surface area contributed by atoms with E-state index >= 15 is 0 Å². The number of hydrogen-bond donors (Lipinski definition) is 2. The van der Waals surface area contributed by atoms with Crippen molar-refractivity contribution in [1.29, 1.82) is 0 Å². The first kappa shape index (κ1) is 14.4. The Kier molecular flexibility index (Phi) is 4.64. The number of phenols is 1. The molecular formula is C16H16ClNO2. The molecule has 0 amide bonds. The van der Waals surface area contributed by atoms with Crippen molar-refractivity contribution >= 4 is 17.3 Å². The van der Waals surface area contributed by atoms with Gasteiger partial charge in [0.05, 0.1) is 5.71 Å². The number of rotatable bonds is 4. The molecule has 2 rings (SSSR count). The zero-order valence-corrected chi connectivity index (χ0v) is 11.9. The van der Waals surface area contributed by atoms with Gasteiger partial charge in [0.15, 0.2) is 0 Å². The molecule has 2 aromatic carbocycles. The number of benzene rings is 2. The Balaban J connectivity index is 2.22. The average molecular weight is 290 g/mol. The Bertz CT molecular complexity index is 624. The SMILES string of the molecule is Cc1cc(Cl)cc(/C(CCc2ccccc2)=N/O)c1O. The smallest absolute Gasteiger partial charge is 0.127 e. The highest BCUT2D eigenvalue weighted by Gasteiger charge is 2.13. The largest absolute Gasteiger partial charge is 0.507 e. The number of phenolic OH excluding ortho intramolecular Hbond substituents is 1. The molecule has 0 aromatic heterocycles. The second-order valence-electron chi connectivity index (χ2n) is 4.65. The molecule has 2 aromatic rings. The first-order valence-electron chi connectivity index (χ1n) is 6.36. The summed E-state index contributed by atoms with van der Waals surface area (Å²) in [6, 6.07) is 13.2. The number of aromatic hydroxyl groups is 1. The van der Waals surface area contributed by atoms with E-state index < -0.39 is 0 Å². The summed E-state index contributed by atoms with van der Waals surface area (Å²) in [4.78, 5) is 0. The first-order valence-corrected chi connectivity index (χ1v) is 6.74. The average Bonchev–Trinajstić information content (AvgIpc) is 2.45. The van der Waals surface area contributed by atoms with Crippen LogP contribution < -0.4 is 0 Å². The van der Waals surface area contributed by atoms with Crippen molar-refractivity contribution in [2.45, 2.75) is 19.8 Å². The van der Waals surface area contributed by atoms with Crippen LogP contribution in [0.15, 0.2) is 47.6 Å². The topological polar surface area (TPSA) is 52.8 Å². The van der Waals surface area contributed by atoms with Crippen LogP contribution in [0.3, 0.4) is 0 Å². The maximum atomic E-state index is 10.1. The lowest BCUT2D eigenvalue weighted by Gasteiger charge is -2.10. The van der Waals surface area contributed by atoms with Gasteiger partial charge in [0.1, 0.15) is 5.75 Å². The molecule has 0 aliphatic carbocycles. The number of hydrogen-bond acceptors (Lipinski definition) is 3. The van der Waals surface area contributed by atoms with Crippen molar-refractivity contribution in [3.63, 3.8) is 0 Å². The number of nitrogens with zero attached hydrogens (tertiary/aromatic N) is 1. The van der Waals surface area contributed by atoms with Gasteiger partial charge in [-0.3, -0.25) is 0 Å². The summed E-state index contributed by atoms with van der Waals surface area (Å²) in [5.74, 6) is 0.107. The van der Waals surface area contributed by atoms with E-state index in [9.17, 15) is 10.3 Å². The fraction of sp³-hybridized carbons (Fsp3) is 0.188. The van der Waals surface area contributed by atoms with Gasteiger partial charge >= 0.3 is 0 Å². The third kappa shape index (κ3) is 3.31. The van der Waals surface area contributed by atoms with Gasteiger partial charge in [0.25, 0.3) is 0 Å². The molecule has 0 bridgehead atoms. The van der Waals surface area contributed by atoms with Crippen molar-refractivity contribution in [2.75, 3.05) is 0 Å². The van der Waals surface area contributed by atoms with Gasteiger partial charge in [-0.15, -0.1) is 0 Å². The molecule has 3 nitrogen and oxygen atoms in total. The third-order valence-electron chi connectivity index (χ3n) is 3.19. The Morgan fingerprint density at radius 2 is 1.90 bits per heavy atom. The van der Waals surface area contributed by atoms with E-state index in [0.29, 0.717) is 28.3 Å². The lowest BCUT2D eigenvalue weighted by atomic mass is 9.99. The molecule has 0 aliphatic heterocycles. The van der Waals surface area contributed by atoms with E-state index in [2.05, 4.69) is 5.16 Å². The predicted molar refractivity (Wildman–Crippen MR) is 80.9 cm³/mol. The van der Waals surface area contributed by atoms with E-state index in [-0.39, 0.29) is 5.75 Å². The minimum absolute atomic E-state index is 0.107. The monoisotopic (exact) mass is 289 g/mol. The Morgan fingerprint density at radius 1 is 1.20 bits per heavy atom. The van der Waals surface area contributed by atoms with Gasteiger partial charge in [-0.2, -0.15) is 0 Å². The summed E-state index contributed by atoms with van der Waals surface area (Å²) < 4.78 is 0. The van der Waals surface area contributed by atoms with Crippen LogP contribution in [0.2, 0.25) is 5.02 Å². The predicted octanol–water partition coefficient (Wildman–Crippen LogP) is 4.17. The Morgan fingerprint density at radius 3 is 2.55 bits per heavy atom. The van der Waals surface area contributed by atoms with Crippen LogP contribution in [-0.2, 0) is 6.42 Å². The first-order chi connectivity index (χ1) is 9.61. The van der Waals surface area contributed by atoms with Gasteiger partial charge in [-0.05, 0) is 43.0 Å². The quantitative estimate of drug-likeness (QED) is 0.504. The van der Waals surface area contributed by atoms with Gasteiger partial charge in [0.2, 0.25) is 0 Å². The molecule has 0 fully saturated rings. The highest BCUT2D eigenvalue weighted by molar-refractivity contribution is 6.31. The van der Waals surface area contributed by atoms with E-state index in [1.54, 1.807) is 19.1 Å². The third-order valence-corrected chi connectivity index (χ3v) is 3.41. The molecular weight excluding hydrogens is 274 g/mol. The fourth-order valence-corrected chi connectivity index (χ4v) is 2.37. The molecule has 0 saturated heterocycles. The molecule has 2 N–H and O–H groups in total. The van der Waals surface area contributed by atoms with E-state index in [0.717, 1.165) is 12.0 Å². The maximum Gasteiger partial charge on any atom is 0.127 e. The zero-order chi connectivity index (χ0) is 14.5. The highest BCUT2D eigenvalue weighted by Crippen LogP contribution is 2.28. The van der Waals surface area contributed by atoms with Gasteiger partial charge in [-0.25, -0.2) is 0 Å². The minimum atomic E-state index is 0.107.